The Labute approximate surface area is 122 Å². The summed E-state index contributed by atoms with van der Waals surface area (Å²) in [5.41, 5.74) is 7.65. The predicted molar refractivity (Wildman–Crippen MR) is 77.7 cm³/mol. The molecule has 2 amide bonds. The number of imide groups is 1. The number of nitrogens with zero attached hydrogens (tertiary/aromatic N) is 3. The number of fused-ring (bicyclic) bond motifs is 1. The van der Waals surface area contributed by atoms with Crippen molar-refractivity contribution >= 4 is 17.5 Å². The van der Waals surface area contributed by atoms with Crippen LogP contribution in [0.4, 0.5) is 5.69 Å². The zero-order chi connectivity index (χ0) is 15.1. The Bertz CT molecular complexity index is 733. The second-order valence-corrected chi connectivity index (χ2v) is 5.35. The third kappa shape index (κ3) is 1.99. The number of hydrogen-bond donors (Lipinski definition) is 1. The molecule has 21 heavy (non-hydrogen) atoms. The van der Waals surface area contributed by atoms with Gasteiger partial charge in [-0.1, -0.05) is 6.07 Å². The number of carbonyl (C=O) groups is 2. The molecule has 3 rings (SSSR count). The molecule has 0 spiro atoms. The van der Waals surface area contributed by atoms with Crippen LogP contribution in [0.1, 0.15) is 46.3 Å². The molecule has 0 radical (unpaired) electrons. The minimum Gasteiger partial charge on any atom is -0.398 e. The lowest BCUT2D eigenvalue weighted by molar-refractivity contribution is 0.0638. The van der Waals surface area contributed by atoms with Crippen molar-refractivity contribution in [2.75, 3.05) is 5.73 Å². The zero-order valence-electron chi connectivity index (χ0n) is 11.9. The molecule has 0 aliphatic carbocycles. The van der Waals surface area contributed by atoms with Gasteiger partial charge in [0.25, 0.3) is 11.8 Å². The van der Waals surface area contributed by atoms with Crippen molar-refractivity contribution < 1.29 is 9.59 Å². The lowest BCUT2D eigenvalue weighted by atomic mass is 10.1. The maximum absolute atomic E-state index is 12.4. The molecule has 6 nitrogen and oxygen atoms in total. The number of amides is 2. The van der Waals surface area contributed by atoms with Crippen molar-refractivity contribution in [3.63, 3.8) is 0 Å². The van der Waals surface area contributed by atoms with Crippen LogP contribution in [0, 0.1) is 0 Å². The number of carbonyl (C=O) groups excluding carboxylic acids is 2. The number of benzene rings is 1. The summed E-state index contributed by atoms with van der Waals surface area (Å²) in [4.78, 5) is 30.1. The molecule has 1 aliphatic rings. The number of rotatable bonds is 3. The highest BCUT2D eigenvalue weighted by atomic mass is 16.2. The Kier molecular flexibility index (Phi) is 3.01. The normalized spacial score (nSPS) is 14.1. The molecule has 2 aromatic rings. The monoisotopic (exact) mass is 284 g/mol. The molecule has 1 aromatic heterocycles. The predicted octanol–water partition coefficient (Wildman–Crippen LogP) is 1.84. The van der Waals surface area contributed by atoms with Crippen LogP contribution in [0.15, 0.2) is 30.7 Å². The van der Waals surface area contributed by atoms with E-state index in [-0.39, 0.29) is 24.4 Å². The van der Waals surface area contributed by atoms with Crippen LogP contribution in [0.2, 0.25) is 0 Å². The lowest BCUT2D eigenvalue weighted by Crippen LogP contribution is -2.30. The Morgan fingerprint density at radius 2 is 2.00 bits per heavy atom. The largest absolute Gasteiger partial charge is 0.398 e. The van der Waals surface area contributed by atoms with E-state index in [0.29, 0.717) is 16.8 Å². The number of nitrogen functional groups attached to an aromatic ring is 1. The average Bonchev–Trinajstić information content (AvgIpc) is 2.99. The van der Waals surface area contributed by atoms with E-state index in [0.717, 1.165) is 5.69 Å². The summed E-state index contributed by atoms with van der Waals surface area (Å²) >= 11 is 0. The summed E-state index contributed by atoms with van der Waals surface area (Å²) in [5, 5.41) is 0. The van der Waals surface area contributed by atoms with Crippen molar-refractivity contribution in [2.45, 2.75) is 26.4 Å². The van der Waals surface area contributed by atoms with Crippen molar-refractivity contribution in [2.24, 2.45) is 0 Å². The number of nitrogens with two attached hydrogens (primary N) is 1. The van der Waals surface area contributed by atoms with Crippen LogP contribution in [-0.4, -0.2) is 26.3 Å². The summed E-state index contributed by atoms with van der Waals surface area (Å²) in [5.74, 6) is -0.650. The third-order valence-electron chi connectivity index (χ3n) is 3.65. The van der Waals surface area contributed by atoms with Crippen molar-refractivity contribution in [3.8, 4) is 0 Å². The molecular formula is C15H16N4O2. The minimum atomic E-state index is -0.343. The molecule has 2 heterocycles. The van der Waals surface area contributed by atoms with E-state index in [1.807, 2.05) is 18.4 Å². The summed E-state index contributed by atoms with van der Waals surface area (Å²) in [7, 11) is 0. The molecule has 0 fully saturated rings. The van der Waals surface area contributed by atoms with E-state index >= 15 is 0 Å². The Morgan fingerprint density at radius 3 is 2.67 bits per heavy atom. The van der Waals surface area contributed by atoms with Crippen molar-refractivity contribution in [1.29, 1.82) is 0 Å². The molecule has 0 atom stereocenters. The molecule has 0 unspecified atom stereocenters. The molecule has 2 N–H and O–H groups in total. The first-order chi connectivity index (χ1) is 10.0. The molecule has 0 bridgehead atoms. The highest BCUT2D eigenvalue weighted by molar-refractivity contribution is 6.23. The standard InChI is InChI=1S/C15H16N4O2/c1-9(2)19-8-17-6-10(19)7-18-14(20)11-4-3-5-12(16)13(11)15(18)21/h3-6,8-9H,7,16H2,1-2H3. The molecule has 108 valence electrons. The number of hydrogen-bond acceptors (Lipinski definition) is 4. The molecule has 0 saturated heterocycles. The summed E-state index contributed by atoms with van der Waals surface area (Å²) in [6.07, 6.45) is 3.37. The van der Waals surface area contributed by atoms with Crippen LogP contribution in [0.3, 0.4) is 0 Å². The molecule has 1 aliphatic heterocycles. The van der Waals surface area contributed by atoms with Gasteiger partial charge >= 0.3 is 0 Å². The fourth-order valence-corrected chi connectivity index (χ4v) is 2.58. The number of aromatic nitrogens is 2. The van der Waals surface area contributed by atoms with Crippen molar-refractivity contribution in [3.05, 3.63) is 47.5 Å². The van der Waals surface area contributed by atoms with E-state index in [1.165, 1.54) is 4.90 Å². The van der Waals surface area contributed by atoms with Gasteiger partial charge in [-0.2, -0.15) is 0 Å². The fourth-order valence-electron chi connectivity index (χ4n) is 2.58. The minimum absolute atomic E-state index is 0.198. The van der Waals surface area contributed by atoms with E-state index in [9.17, 15) is 9.59 Å². The van der Waals surface area contributed by atoms with Crippen LogP contribution in [0.25, 0.3) is 0 Å². The van der Waals surface area contributed by atoms with Gasteiger partial charge in [0, 0.05) is 17.9 Å². The quantitative estimate of drug-likeness (QED) is 0.689. The summed E-state index contributed by atoms with van der Waals surface area (Å²) in [6, 6.07) is 5.15. The topological polar surface area (TPSA) is 81.2 Å². The number of imidazole rings is 1. The zero-order valence-corrected chi connectivity index (χ0v) is 11.9. The van der Waals surface area contributed by atoms with Gasteiger partial charge in [0.1, 0.15) is 0 Å². The Hall–Kier alpha value is -2.63. The molecule has 6 heteroatoms. The van der Waals surface area contributed by atoms with E-state index < -0.39 is 0 Å². The van der Waals surface area contributed by atoms with Gasteiger partial charge in [0.2, 0.25) is 0 Å². The second-order valence-electron chi connectivity index (χ2n) is 5.35. The first-order valence-electron chi connectivity index (χ1n) is 6.76. The van der Waals surface area contributed by atoms with Gasteiger partial charge in [0.15, 0.2) is 0 Å². The van der Waals surface area contributed by atoms with Gasteiger partial charge in [-0.05, 0) is 26.0 Å². The van der Waals surface area contributed by atoms with Crippen LogP contribution < -0.4 is 5.73 Å². The summed E-state index contributed by atoms with van der Waals surface area (Å²) in [6.45, 7) is 4.24. The maximum atomic E-state index is 12.4. The van der Waals surface area contributed by atoms with E-state index in [2.05, 4.69) is 4.98 Å². The van der Waals surface area contributed by atoms with Gasteiger partial charge in [-0.25, -0.2) is 4.98 Å². The Morgan fingerprint density at radius 1 is 1.24 bits per heavy atom. The highest BCUT2D eigenvalue weighted by Gasteiger charge is 2.37. The van der Waals surface area contributed by atoms with Gasteiger partial charge in [0.05, 0.1) is 29.7 Å². The van der Waals surface area contributed by atoms with Crippen LogP contribution in [0.5, 0.6) is 0 Å². The lowest BCUT2D eigenvalue weighted by Gasteiger charge is -2.17. The van der Waals surface area contributed by atoms with Crippen LogP contribution >= 0.6 is 0 Å². The van der Waals surface area contributed by atoms with Gasteiger partial charge < -0.3 is 10.3 Å². The van der Waals surface area contributed by atoms with Gasteiger partial charge in [-0.3, -0.25) is 14.5 Å². The summed E-state index contributed by atoms with van der Waals surface area (Å²) < 4.78 is 1.94. The fraction of sp³-hybridized carbons (Fsp3) is 0.267. The molecule has 0 saturated carbocycles. The van der Waals surface area contributed by atoms with E-state index in [4.69, 9.17) is 5.73 Å². The SMILES string of the molecule is CC(C)n1cncc1CN1C(=O)c2cccc(N)c2C1=O. The Balaban J connectivity index is 1.96. The van der Waals surface area contributed by atoms with Crippen LogP contribution in [-0.2, 0) is 6.54 Å². The second kappa shape index (κ2) is 4.73. The van der Waals surface area contributed by atoms with Gasteiger partial charge in [-0.15, -0.1) is 0 Å². The van der Waals surface area contributed by atoms with E-state index in [1.54, 1.807) is 30.7 Å². The highest BCUT2D eigenvalue weighted by Crippen LogP contribution is 2.28. The van der Waals surface area contributed by atoms with Crippen molar-refractivity contribution in [1.82, 2.24) is 14.5 Å². The third-order valence-corrected chi connectivity index (χ3v) is 3.65. The first-order valence-corrected chi connectivity index (χ1v) is 6.76. The molecular weight excluding hydrogens is 268 g/mol. The molecule has 1 aromatic carbocycles. The first kappa shape index (κ1) is 13.4. The average molecular weight is 284 g/mol. The number of anilines is 1. The maximum Gasteiger partial charge on any atom is 0.264 e. The smallest absolute Gasteiger partial charge is 0.264 e.